The van der Waals surface area contributed by atoms with E-state index in [4.69, 9.17) is 0 Å². The molecule has 6 nitrogen and oxygen atoms in total. The summed E-state index contributed by atoms with van der Waals surface area (Å²) >= 11 is 0. The molecular formula is C4HF10NO5S2. The molecule has 0 aromatic rings. The summed E-state index contributed by atoms with van der Waals surface area (Å²) in [5.41, 5.74) is 0. The third-order valence-corrected chi connectivity index (χ3v) is 4.20. The van der Waals surface area contributed by atoms with E-state index in [0.717, 1.165) is 0 Å². The van der Waals surface area contributed by atoms with Crippen LogP contribution in [0.25, 0.3) is 0 Å². The fourth-order valence-electron chi connectivity index (χ4n) is 0.751. The normalized spacial score (nSPS) is 15.9. The van der Waals surface area contributed by atoms with Crippen molar-refractivity contribution in [1.82, 2.24) is 4.72 Å². The van der Waals surface area contributed by atoms with Gasteiger partial charge in [-0.05, 0) is 4.53 Å². The molecule has 0 atom stereocenters. The van der Waals surface area contributed by atoms with Crippen LogP contribution in [0.15, 0.2) is 0 Å². The van der Waals surface area contributed by atoms with E-state index in [1.54, 1.807) is 0 Å². The maximum Gasteiger partial charge on any atom is 0.470 e. The number of nitrogens with one attached hydrogen (secondary N) is 1. The molecule has 0 aromatic heterocycles. The van der Waals surface area contributed by atoms with Gasteiger partial charge in [-0.15, -0.1) is 4.72 Å². The van der Waals surface area contributed by atoms with Gasteiger partial charge in [0.15, 0.2) is 0 Å². The quantitative estimate of drug-likeness (QED) is 0.542. The van der Waals surface area contributed by atoms with Crippen molar-refractivity contribution in [3.8, 4) is 0 Å². The molecule has 1 N–H and O–H groups in total. The fraction of sp³-hybridized carbons (Fsp3) is 1.00. The highest BCUT2D eigenvalue weighted by Gasteiger charge is 2.83. The monoisotopic (exact) mass is 397 g/mol. The molecule has 0 spiro atoms. The van der Waals surface area contributed by atoms with E-state index in [0.29, 0.717) is 0 Å². The predicted molar refractivity (Wildman–Crippen MR) is 44.1 cm³/mol. The van der Waals surface area contributed by atoms with E-state index < -0.39 is 47.6 Å². The van der Waals surface area contributed by atoms with E-state index >= 15 is 0 Å². The minimum Gasteiger partial charge on any atom is -0.205 e. The molecular weight excluding hydrogens is 396 g/mol. The third-order valence-electron chi connectivity index (χ3n) is 1.72. The van der Waals surface area contributed by atoms with E-state index in [9.17, 15) is 60.9 Å². The summed E-state index contributed by atoms with van der Waals surface area (Å²) < 4.78 is 164. The topological polar surface area (TPSA) is 89.5 Å². The van der Waals surface area contributed by atoms with Crippen LogP contribution in [0.4, 0.5) is 44.0 Å². The Kier molecular flexibility index (Phi) is 5.12. The molecule has 0 aromatic carbocycles. The van der Waals surface area contributed by atoms with Crippen LogP contribution >= 0.6 is 0 Å². The van der Waals surface area contributed by atoms with Gasteiger partial charge >= 0.3 is 32.9 Å². The van der Waals surface area contributed by atoms with Crippen molar-refractivity contribution >= 4 is 20.1 Å². The minimum atomic E-state index is -7.61. The smallest absolute Gasteiger partial charge is 0.205 e. The van der Waals surface area contributed by atoms with Crippen LogP contribution in [0.3, 0.4) is 0 Å². The number of hydrogen-bond acceptors (Lipinski definition) is 5. The van der Waals surface area contributed by atoms with Crippen molar-refractivity contribution in [2.75, 3.05) is 0 Å². The number of hydrogen-bond donors (Lipinski definition) is 1. The summed E-state index contributed by atoms with van der Waals surface area (Å²) in [6.07, 6.45) is -6.29. The molecule has 0 saturated carbocycles. The molecule has 0 rings (SSSR count). The van der Waals surface area contributed by atoms with Gasteiger partial charge in [-0.1, -0.05) is 4.39 Å². The third kappa shape index (κ3) is 3.23. The Labute approximate surface area is 114 Å². The Hall–Kier alpha value is -0.880. The van der Waals surface area contributed by atoms with Crippen LogP contribution in [0, 0.1) is 0 Å². The van der Waals surface area contributed by atoms with Crippen LogP contribution in [0.1, 0.15) is 0 Å². The lowest BCUT2D eigenvalue weighted by Gasteiger charge is -2.30. The molecule has 22 heavy (non-hydrogen) atoms. The van der Waals surface area contributed by atoms with Crippen LogP contribution < -0.4 is 4.72 Å². The maximum atomic E-state index is 12.8. The predicted octanol–water partition coefficient (Wildman–Crippen LogP) is 1.48. The second-order valence-electron chi connectivity index (χ2n) is 3.23. The zero-order valence-corrected chi connectivity index (χ0v) is 10.8. The van der Waals surface area contributed by atoms with E-state index in [2.05, 4.69) is 0 Å². The standard InChI is InChI=1S/C4HF10NO5S2/c5-1(6,3(9,10)22(18,19)20-14)2(7,8)21(16,17)15-4(11,12)13/h15H. The fourth-order valence-corrected chi connectivity index (χ4v) is 2.24. The molecule has 0 heterocycles. The number of halogens is 10. The second kappa shape index (κ2) is 5.34. The van der Waals surface area contributed by atoms with Gasteiger partial charge in [-0.2, -0.15) is 47.9 Å². The molecule has 0 radical (unpaired) electrons. The van der Waals surface area contributed by atoms with Crippen LogP contribution in [-0.4, -0.2) is 39.6 Å². The molecule has 0 aliphatic carbocycles. The molecule has 18 heteroatoms. The molecule has 0 saturated heterocycles. The number of alkyl halides is 9. The van der Waals surface area contributed by atoms with Crippen molar-refractivity contribution in [2.24, 2.45) is 0 Å². The molecule has 0 aliphatic rings. The molecule has 134 valence electrons. The Morgan fingerprint density at radius 1 is 0.727 bits per heavy atom. The highest BCUT2D eigenvalue weighted by Crippen LogP contribution is 2.51. The zero-order valence-electron chi connectivity index (χ0n) is 9.14. The van der Waals surface area contributed by atoms with Crippen LogP contribution in [0.2, 0.25) is 0 Å². The first-order chi connectivity index (χ1) is 9.27. The molecule has 0 amide bonds. The minimum absolute atomic E-state index is 1.04. The lowest BCUT2D eigenvalue weighted by atomic mass is 10.3. The summed E-state index contributed by atoms with van der Waals surface area (Å²) in [6, 6.07) is 0. The average molecular weight is 397 g/mol. The number of sulfonamides is 1. The Bertz CT molecular complexity index is 620. The van der Waals surface area contributed by atoms with Crippen molar-refractivity contribution in [2.45, 2.75) is 22.7 Å². The molecule has 0 fully saturated rings. The molecule has 0 unspecified atom stereocenters. The van der Waals surface area contributed by atoms with Crippen LogP contribution in [0.5, 0.6) is 0 Å². The zero-order chi connectivity index (χ0) is 18.4. The van der Waals surface area contributed by atoms with Gasteiger partial charge < -0.3 is 0 Å². The second-order valence-corrected chi connectivity index (χ2v) is 6.50. The lowest BCUT2D eigenvalue weighted by molar-refractivity contribution is -0.250. The Morgan fingerprint density at radius 2 is 1.09 bits per heavy atom. The first kappa shape index (κ1) is 21.1. The Morgan fingerprint density at radius 3 is 1.36 bits per heavy atom. The highest BCUT2D eigenvalue weighted by molar-refractivity contribution is 7.91. The van der Waals surface area contributed by atoms with Gasteiger partial charge in [0, 0.05) is 0 Å². The largest absolute Gasteiger partial charge is 0.470 e. The van der Waals surface area contributed by atoms with Gasteiger partial charge in [0.2, 0.25) is 0 Å². The summed E-state index contributed by atoms with van der Waals surface area (Å²) in [7, 11) is -15.1. The molecule has 0 bridgehead atoms. The summed E-state index contributed by atoms with van der Waals surface area (Å²) in [5, 5.41) is -14.6. The maximum absolute atomic E-state index is 12.8. The van der Waals surface area contributed by atoms with Crippen molar-refractivity contribution in [1.29, 1.82) is 0 Å². The van der Waals surface area contributed by atoms with Crippen molar-refractivity contribution in [3.05, 3.63) is 0 Å². The van der Waals surface area contributed by atoms with E-state index in [1.807, 2.05) is 0 Å². The highest BCUT2D eigenvalue weighted by atomic mass is 32.2. The Balaban J connectivity index is 6.20. The van der Waals surface area contributed by atoms with Gasteiger partial charge in [0.25, 0.3) is 10.0 Å². The van der Waals surface area contributed by atoms with Crippen molar-refractivity contribution < 1.29 is 65.3 Å². The van der Waals surface area contributed by atoms with Gasteiger partial charge in [-0.25, -0.2) is 8.42 Å². The van der Waals surface area contributed by atoms with Gasteiger partial charge in [0.1, 0.15) is 0 Å². The van der Waals surface area contributed by atoms with Crippen molar-refractivity contribution in [3.63, 3.8) is 0 Å². The van der Waals surface area contributed by atoms with Crippen LogP contribution in [-0.2, 0) is 24.5 Å². The summed E-state index contributed by atoms with van der Waals surface area (Å²) in [6.45, 7) is 0. The summed E-state index contributed by atoms with van der Waals surface area (Å²) in [5.74, 6) is -7.54. The SMILES string of the molecule is O=S(=O)(NC(F)(F)F)C(F)(F)C(F)(F)C(F)(F)S(=O)(=O)OF. The summed E-state index contributed by atoms with van der Waals surface area (Å²) in [4.78, 5) is 0. The van der Waals surface area contributed by atoms with Gasteiger partial charge in [-0.3, -0.25) is 0 Å². The van der Waals surface area contributed by atoms with E-state index in [1.165, 1.54) is 4.39 Å². The lowest BCUT2D eigenvalue weighted by Crippen LogP contribution is -2.63. The molecule has 0 aliphatic heterocycles. The first-order valence-corrected chi connectivity index (χ1v) is 6.94. The van der Waals surface area contributed by atoms with Gasteiger partial charge in [0.05, 0.1) is 0 Å². The van der Waals surface area contributed by atoms with E-state index in [-0.39, 0.29) is 0 Å². The number of rotatable bonds is 6. The average Bonchev–Trinajstić information content (AvgIpc) is 2.24. The first-order valence-electron chi connectivity index (χ1n) is 4.05.